The summed E-state index contributed by atoms with van der Waals surface area (Å²) in [5.41, 5.74) is 10.3. The van der Waals surface area contributed by atoms with Crippen molar-refractivity contribution in [2.75, 3.05) is 5.73 Å². The van der Waals surface area contributed by atoms with E-state index < -0.39 is 0 Å². The molecule has 0 saturated heterocycles. The van der Waals surface area contributed by atoms with Gasteiger partial charge in [0.25, 0.3) is 0 Å². The molecule has 0 unspecified atom stereocenters. The molecule has 4 nitrogen and oxygen atoms in total. The van der Waals surface area contributed by atoms with Crippen molar-refractivity contribution in [3.8, 4) is 17.1 Å². The Kier molecular flexibility index (Phi) is 3.99. The maximum Gasteiger partial charge on any atom is 0.155 e. The van der Waals surface area contributed by atoms with Crippen LogP contribution in [-0.4, -0.2) is 14.8 Å². The third-order valence-electron chi connectivity index (χ3n) is 4.87. The van der Waals surface area contributed by atoms with E-state index >= 15 is 0 Å². The van der Waals surface area contributed by atoms with Crippen molar-refractivity contribution in [1.82, 2.24) is 14.8 Å². The van der Waals surface area contributed by atoms with Gasteiger partial charge in [0.1, 0.15) is 5.82 Å². The quantitative estimate of drug-likeness (QED) is 0.532. The fourth-order valence-electron chi connectivity index (χ4n) is 3.37. The Morgan fingerprint density at radius 1 is 0.926 bits per heavy atom. The molecule has 0 aliphatic heterocycles. The van der Waals surface area contributed by atoms with Gasteiger partial charge in [0.2, 0.25) is 0 Å². The summed E-state index contributed by atoms with van der Waals surface area (Å²) >= 11 is 0. The summed E-state index contributed by atoms with van der Waals surface area (Å²) in [6.45, 7) is 8.65. The van der Waals surface area contributed by atoms with Crippen molar-refractivity contribution in [1.29, 1.82) is 0 Å². The van der Waals surface area contributed by atoms with Crippen LogP contribution in [0, 0.1) is 6.92 Å². The van der Waals surface area contributed by atoms with Crippen LogP contribution in [0.15, 0.2) is 60.7 Å². The molecule has 4 rings (SSSR count). The van der Waals surface area contributed by atoms with E-state index in [1.165, 1.54) is 5.56 Å². The standard InChI is InChI=1S/C23H24N4/c1-15-13-20(24)26-27(15)21-14-17-7-5-6-8-19(17)22(25-21)16-9-11-18(12-10-16)23(2,3)4/h5-14H,1-4H3,(H2,24,26). The van der Waals surface area contributed by atoms with Crippen LogP contribution < -0.4 is 5.73 Å². The molecule has 2 aromatic carbocycles. The molecule has 0 spiro atoms. The Morgan fingerprint density at radius 2 is 1.63 bits per heavy atom. The Morgan fingerprint density at radius 3 is 2.26 bits per heavy atom. The maximum absolute atomic E-state index is 5.88. The summed E-state index contributed by atoms with van der Waals surface area (Å²) < 4.78 is 1.80. The van der Waals surface area contributed by atoms with Crippen molar-refractivity contribution >= 4 is 16.6 Å². The molecule has 2 N–H and O–H groups in total. The van der Waals surface area contributed by atoms with E-state index in [2.05, 4.69) is 68.3 Å². The van der Waals surface area contributed by atoms with Crippen molar-refractivity contribution in [3.05, 3.63) is 71.9 Å². The van der Waals surface area contributed by atoms with Crippen molar-refractivity contribution in [3.63, 3.8) is 0 Å². The average Bonchev–Trinajstić information content (AvgIpc) is 2.98. The zero-order valence-electron chi connectivity index (χ0n) is 16.2. The van der Waals surface area contributed by atoms with E-state index in [0.29, 0.717) is 5.82 Å². The van der Waals surface area contributed by atoms with Gasteiger partial charge in [0.05, 0.1) is 5.69 Å². The molecule has 27 heavy (non-hydrogen) atoms. The number of hydrogen-bond acceptors (Lipinski definition) is 3. The van der Waals surface area contributed by atoms with Gasteiger partial charge in [-0.1, -0.05) is 69.3 Å². The van der Waals surface area contributed by atoms with Gasteiger partial charge < -0.3 is 5.73 Å². The van der Waals surface area contributed by atoms with E-state index in [1.807, 2.05) is 25.1 Å². The van der Waals surface area contributed by atoms with E-state index in [-0.39, 0.29) is 5.41 Å². The Balaban J connectivity index is 1.92. The van der Waals surface area contributed by atoms with Gasteiger partial charge in [-0.15, -0.1) is 5.10 Å². The molecule has 4 aromatic rings. The van der Waals surface area contributed by atoms with Gasteiger partial charge in [0.15, 0.2) is 5.82 Å². The topological polar surface area (TPSA) is 56.7 Å². The van der Waals surface area contributed by atoms with Crippen LogP contribution in [0.1, 0.15) is 32.0 Å². The maximum atomic E-state index is 5.88. The lowest BCUT2D eigenvalue weighted by Gasteiger charge is -2.19. The largest absolute Gasteiger partial charge is 0.382 e. The lowest BCUT2D eigenvalue weighted by atomic mass is 9.86. The lowest BCUT2D eigenvalue weighted by molar-refractivity contribution is 0.590. The molecule has 0 amide bonds. The molecule has 4 heteroatoms. The SMILES string of the molecule is Cc1cc(N)nn1-c1cc2ccccc2c(-c2ccc(C(C)(C)C)cc2)n1. The molecule has 0 atom stereocenters. The van der Waals surface area contributed by atoms with E-state index in [9.17, 15) is 0 Å². The van der Waals surface area contributed by atoms with Gasteiger partial charge in [-0.25, -0.2) is 9.67 Å². The monoisotopic (exact) mass is 356 g/mol. The smallest absolute Gasteiger partial charge is 0.155 e. The van der Waals surface area contributed by atoms with Gasteiger partial charge in [-0.05, 0) is 29.4 Å². The van der Waals surface area contributed by atoms with Gasteiger partial charge in [-0.2, -0.15) is 0 Å². The Bertz CT molecular complexity index is 1120. The molecule has 0 radical (unpaired) electrons. The number of aryl methyl sites for hydroxylation is 1. The number of hydrogen-bond donors (Lipinski definition) is 1. The molecule has 136 valence electrons. The number of rotatable bonds is 2. The molecule has 0 aliphatic carbocycles. The first kappa shape index (κ1) is 17.3. The highest BCUT2D eigenvalue weighted by molar-refractivity contribution is 5.95. The number of anilines is 1. The minimum Gasteiger partial charge on any atom is -0.382 e. The predicted octanol–water partition coefficient (Wildman–Crippen LogP) is 5.28. The minimum absolute atomic E-state index is 0.125. The second-order valence-corrected chi connectivity index (χ2v) is 8.00. The van der Waals surface area contributed by atoms with Crippen LogP contribution in [0.2, 0.25) is 0 Å². The molecular weight excluding hydrogens is 332 g/mol. The summed E-state index contributed by atoms with van der Waals surface area (Å²) in [6.07, 6.45) is 0. The summed E-state index contributed by atoms with van der Waals surface area (Å²) in [7, 11) is 0. The van der Waals surface area contributed by atoms with E-state index in [4.69, 9.17) is 10.7 Å². The molecule has 2 heterocycles. The fraction of sp³-hybridized carbons (Fsp3) is 0.217. The highest BCUT2D eigenvalue weighted by Crippen LogP contribution is 2.31. The third-order valence-corrected chi connectivity index (χ3v) is 4.87. The van der Waals surface area contributed by atoms with Crippen molar-refractivity contribution in [2.24, 2.45) is 0 Å². The number of nitrogens with two attached hydrogens (primary N) is 1. The van der Waals surface area contributed by atoms with Gasteiger partial charge >= 0.3 is 0 Å². The zero-order valence-corrected chi connectivity index (χ0v) is 16.2. The average molecular weight is 356 g/mol. The first-order chi connectivity index (χ1) is 12.8. The number of benzene rings is 2. The van der Waals surface area contributed by atoms with Crippen LogP contribution in [-0.2, 0) is 5.41 Å². The molecule has 0 aliphatic rings. The molecular formula is C23H24N4. The molecule has 0 saturated carbocycles. The second kappa shape index (κ2) is 6.23. The van der Waals surface area contributed by atoms with Crippen LogP contribution in [0.25, 0.3) is 27.8 Å². The first-order valence-corrected chi connectivity index (χ1v) is 9.16. The Hall–Kier alpha value is -3.14. The van der Waals surface area contributed by atoms with Gasteiger partial charge in [-0.3, -0.25) is 0 Å². The summed E-state index contributed by atoms with van der Waals surface area (Å²) in [4.78, 5) is 4.95. The van der Waals surface area contributed by atoms with E-state index in [0.717, 1.165) is 33.5 Å². The number of aromatic nitrogens is 3. The first-order valence-electron chi connectivity index (χ1n) is 9.16. The Labute approximate surface area is 159 Å². The highest BCUT2D eigenvalue weighted by atomic mass is 15.3. The van der Waals surface area contributed by atoms with Crippen LogP contribution in [0.3, 0.4) is 0 Å². The zero-order chi connectivity index (χ0) is 19.2. The summed E-state index contributed by atoms with van der Waals surface area (Å²) in [6, 6.07) is 20.9. The number of nitrogens with zero attached hydrogens (tertiary/aromatic N) is 3. The van der Waals surface area contributed by atoms with Crippen LogP contribution in [0.4, 0.5) is 5.82 Å². The fourth-order valence-corrected chi connectivity index (χ4v) is 3.37. The highest BCUT2D eigenvalue weighted by Gasteiger charge is 2.15. The normalized spacial score (nSPS) is 11.9. The van der Waals surface area contributed by atoms with E-state index in [1.54, 1.807) is 4.68 Å². The summed E-state index contributed by atoms with van der Waals surface area (Å²) in [5.74, 6) is 1.27. The number of pyridine rings is 1. The molecule has 2 aromatic heterocycles. The van der Waals surface area contributed by atoms with Gasteiger partial charge in [0, 0.05) is 22.7 Å². The minimum atomic E-state index is 0.125. The van der Waals surface area contributed by atoms with Crippen molar-refractivity contribution in [2.45, 2.75) is 33.1 Å². The third kappa shape index (κ3) is 3.19. The summed E-state index contributed by atoms with van der Waals surface area (Å²) in [5, 5.41) is 6.66. The lowest BCUT2D eigenvalue weighted by Crippen LogP contribution is -2.10. The molecule has 0 fully saturated rings. The number of fused-ring (bicyclic) bond motifs is 1. The predicted molar refractivity (Wildman–Crippen MR) is 112 cm³/mol. The van der Waals surface area contributed by atoms with Crippen molar-refractivity contribution < 1.29 is 0 Å². The number of nitrogen functional groups attached to an aromatic ring is 1. The van der Waals surface area contributed by atoms with Crippen LogP contribution in [0.5, 0.6) is 0 Å². The second-order valence-electron chi connectivity index (χ2n) is 8.00. The molecule has 0 bridgehead atoms. The van der Waals surface area contributed by atoms with Crippen LogP contribution >= 0.6 is 0 Å².